The van der Waals surface area contributed by atoms with Gasteiger partial charge in [0, 0.05) is 22.9 Å². The summed E-state index contributed by atoms with van der Waals surface area (Å²) in [7, 11) is 1.57. The number of hydrogen-bond acceptors (Lipinski definition) is 5. The zero-order valence-electron chi connectivity index (χ0n) is 17.1. The summed E-state index contributed by atoms with van der Waals surface area (Å²) in [5.74, 6) is -0.757. The van der Waals surface area contributed by atoms with Crippen molar-refractivity contribution in [3.8, 4) is 17.6 Å². The van der Waals surface area contributed by atoms with Gasteiger partial charge in [-0.25, -0.2) is 4.39 Å². The molecule has 31 heavy (non-hydrogen) atoms. The molecule has 0 amide bonds. The van der Waals surface area contributed by atoms with Crippen molar-refractivity contribution in [1.29, 1.82) is 5.26 Å². The highest BCUT2D eigenvalue weighted by atomic mass is 19.1. The zero-order valence-corrected chi connectivity index (χ0v) is 17.1. The fourth-order valence-corrected chi connectivity index (χ4v) is 3.91. The number of aryl methyl sites for hydroxylation is 1. The lowest BCUT2D eigenvalue weighted by molar-refractivity contribution is 0.387. The third-order valence-electron chi connectivity index (χ3n) is 5.43. The van der Waals surface area contributed by atoms with Gasteiger partial charge in [-0.2, -0.15) is 5.26 Å². The Morgan fingerprint density at radius 1 is 1.23 bits per heavy atom. The second-order valence-corrected chi connectivity index (χ2v) is 7.21. The minimum atomic E-state index is -0.966. The molecule has 2 heterocycles. The third-order valence-corrected chi connectivity index (χ3v) is 5.43. The van der Waals surface area contributed by atoms with E-state index in [9.17, 15) is 14.4 Å². The van der Waals surface area contributed by atoms with Crippen molar-refractivity contribution in [2.24, 2.45) is 5.73 Å². The van der Waals surface area contributed by atoms with Crippen LogP contribution in [0.5, 0.6) is 11.5 Å². The Hall–Kier alpha value is -4.05. The Bertz CT molecular complexity index is 1300. The van der Waals surface area contributed by atoms with Crippen molar-refractivity contribution < 1.29 is 13.9 Å². The molecule has 156 valence electrons. The van der Waals surface area contributed by atoms with Gasteiger partial charge in [0.15, 0.2) is 0 Å². The lowest BCUT2D eigenvalue weighted by atomic mass is 9.83. The predicted octanol–water partition coefficient (Wildman–Crippen LogP) is 3.57. The molecule has 2 aromatic carbocycles. The van der Waals surface area contributed by atoms with Crippen molar-refractivity contribution in [2.75, 3.05) is 7.11 Å². The quantitative estimate of drug-likeness (QED) is 0.701. The van der Waals surface area contributed by atoms with Crippen molar-refractivity contribution in [3.63, 3.8) is 0 Å². The van der Waals surface area contributed by atoms with E-state index in [0.717, 1.165) is 5.56 Å². The Kier molecular flexibility index (Phi) is 5.22. The van der Waals surface area contributed by atoms with Crippen LogP contribution in [0.4, 0.5) is 4.39 Å². The number of nitriles is 1. The van der Waals surface area contributed by atoms with Gasteiger partial charge in [0.25, 0.3) is 5.56 Å². The number of nitrogens with two attached hydrogens (primary N) is 1. The fraction of sp³-hybridized carbons (Fsp3) is 0.167. The van der Waals surface area contributed by atoms with Gasteiger partial charge in [-0.1, -0.05) is 36.4 Å². The minimum Gasteiger partial charge on any atom is -0.496 e. The maximum atomic E-state index is 14.7. The maximum Gasteiger partial charge on any atom is 0.259 e. The van der Waals surface area contributed by atoms with Crippen LogP contribution in [0.15, 0.2) is 70.8 Å². The van der Waals surface area contributed by atoms with Gasteiger partial charge in [-0.15, -0.1) is 0 Å². The Balaban J connectivity index is 1.95. The molecule has 4 rings (SSSR count). The van der Waals surface area contributed by atoms with Crippen LogP contribution in [0.2, 0.25) is 0 Å². The average Bonchev–Trinajstić information content (AvgIpc) is 2.76. The van der Waals surface area contributed by atoms with Gasteiger partial charge in [0.05, 0.1) is 25.1 Å². The topological polar surface area (TPSA) is 90.3 Å². The molecule has 2 N–H and O–H groups in total. The van der Waals surface area contributed by atoms with Crippen LogP contribution >= 0.6 is 0 Å². The highest BCUT2D eigenvalue weighted by Gasteiger charge is 2.35. The van der Waals surface area contributed by atoms with E-state index in [-0.39, 0.29) is 40.4 Å². The van der Waals surface area contributed by atoms with E-state index in [1.165, 1.54) is 6.07 Å². The molecule has 0 saturated heterocycles. The lowest BCUT2D eigenvalue weighted by Crippen LogP contribution is -2.33. The van der Waals surface area contributed by atoms with Crippen molar-refractivity contribution >= 4 is 0 Å². The average molecular weight is 417 g/mol. The normalized spacial score (nSPS) is 15.1. The van der Waals surface area contributed by atoms with E-state index in [2.05, 4.69) is 0 Å². The Morgan fingerprint density at radius 2 is 1.94 bits per heavy atom. The second-order valence-electron chi connectivity index (χ2n) is 7.21. The number of benzene rings is 2. The first-order valence-corrected chi connectivity index (χ1v) is 9.64. The zero-order chi connectivity index (χ0) is 22.1. The number of pyridine rings is 1. The number of aromatic nitrogens is 1. The number of para-hydroxylation sites is 1. The van der Waals surface area contributed by atoms with E-state index in [1.807, 2.05) is 30.3 Å². The van der Waals surface area contributed by atoms with Gasteiger partial charge in [-0.05, 0) is 19.1 Å². The summed E-state index contributed by atoms with van der Waals surface area (Å²) in [5, 5.41) is 9.71. The number of hydrogen-bond donors (Lipinski definition) is 1. The number of fused-ring (bicyclic) bond motifs is 1. The molecule has 3 aromatic rings. The minimum absolute atomic E-state index is 0.00222. The van der Waals surface area contributed by atoms with Crippen LogP contribution in [0.3, 0.4) is 0 Å². The molecule has 0 spiro atoms. The third kappa shape index (κ3) is 3.42. The number of nitrogens with zero attached hydrogens (tertiary/aromatic N) is 2. The smallest absolute Gasteiger partial charge is 0.259 e. The van der Waals surface area contributed by atoms with E-state index >= 15 is 0 Å². The summed E-state index contributed by atoms with van der Waals surface area (Å²) in [6.07, 6.45) is 0. The molecular formula is C24H20FN3O3. The van der Waals surface area contributed by atoms with Gasteiger partial charge in [0.2, 0.25) is 5.88 Å². The summed E-state index contributed by atoms with van der Waals surface area (Å²) >= 11 is 0. The largest absolute Gasteiger partial charge is 0.496 e. The molecule has 1 aromatic heterocycles. The Morgan fingerprint density at radius 3 is 2.65 bits per heavy atom. The molecule has 0 radical (unpaired) electrons. The standard InChI is InChI=1S/C24H20FN3O3/c1-14-11-20-22(24(29)28(14)13-15-7-3-6-10-19(15)30-2)21(17(12-26)23(27)31-20)16-8-4-5-9-18(16)25/h3-11,21H,13,27H2,1-2H3. The van der Waals surface area contributed by atoms with E-state index < -0.39 is 11.7 Å². The molecule has 7 heteroatoms. The number of ether oxygens (including phenoxy) is 2. The lowest BCUT2D eigenvalue weighted by Gasteiger charge is -2.27. The summed E-state index contributed by atoms with van der Waals surface area (Å²) < 4.78 is 27.3. The van der Waals surface area contributed by atoms with Gasteiger partial charge < -0.3 is 19.8 Å². The van der Waals surface area contributed by atoms with Crippen LogP contribution in [0, 0.1) is 24.1 Å². The molecular weight excluding hydrogens is 397 g/mol. The van der Waals surface area contributed by atoms with Crippen molar-refractivity contribution in [1.82, 2.24) is 4.57 Å². The van der Waals surface area contributed by atoms with Gasteiger partial charge >= 0.3 is 0 Å². The first-order valence-electron chi connectivity index (χ1n) is 9.64. The van der Waals surface area contributed by atoms with Crippen molar-refractivity contribution in [3.05, 3.63) is 105 Å². The van der Waals surface area contributed by atoms with E-state index in [1.54, 1.807) is 42.9 Å². The number of allylic oxidation sites excluding steroid dienone is 1. The van der Waals surface area contributed by atoms with E-state index in [4.69, 9.17) is 15.2 Å². The second kappa shape index (κ2) is 8.00. The first kappa shape index (κ1) is 20.2. The highest BCUT2D eigenvalue weighted by Crippen LogP contribution is 2.41. The van der Waals surface area contributed by atoms with Gasteiger partial charge in [-0.3, -0.25) is 4.79 Å². The Labute approximate surface area is 178 Å². The molecule has 1 aliphatic rings. The molecule has 6 nitrogen and oxygen atoms in total. The molecule has 0 fully saturated rings. The summed E-state index contributed by atoms with van der Waals surface area (Å²) in [4.78, 5) is 13.6. The highest BCUT2D eigenvalue weighted by molar-refractivity contribution is 5.55. The fourth-order valence-electron chi connectivity index (χ4n) is 3.91. The van der Waals surface area contributed by atoms with Crippen LogP contribution in [0.1, 0.15) is 28.3 Å². The summed E-state index contributed by atoms with van der Waals surface area (Å²) in [6, 6.07) is 17.1. The molecule has 1 unspecified atom stereocenters. The molecule has 1 aliphatic heterocycles. The number of rotatable bonds is 4. The van der Waals surface area contributed by atoms with E-state index in [0.29, 0.717) is 11.4 Å². The van der Waals surface area contributed by atoms with Crippen LogP contribution in [0.25, 0.3) is 0 Å². The maximum absolute atomic E-state index is 14.7. The van der Waals surface area contributed by atoms with Crippen molar-refractivity contribution in [2.45, 2.75) is 19.4 Å². The van der Waals surface area contributed by atoms with Crippen LogP contribution in [-0.4, -0.2) is 11.7 Å². The SMILES string of the molecule is COc1ccccc1Cn1c(C)cc2c(c1=O)C(c1ccccc1F)C(C#N)=C(N)O2. The molecule has 0 aliphatic carbocycles. The number of halogens is 1. The van der Waals surface area contributed by atoms with Crippen LogP contribution in [-0.2, 0) is 6.54 Å². The first-order chi connectivity index (χ1) is 15.0. The van der Waals surface area contributed by atoms with Crippen LogP contribution < -0.4 is 20.8 Å². The molecule has 1 atom stereocenters. The van der Waals surface area contributed by atoms with Gasteiger partial charge in [0.1, 0.15) is 29.0 Å². The number of methoxy groups -OCH3 is 1. The molecule has 0 saturated carbocycles. The predicted molar refractivity (Wildman–Crippen MR) is 113 cm³/mol. The summed E-state index contributed by atoms with van der Waals surface area (Å²) in [5.41, 5.74) is 7.40. The summed E-state index contributed by atoms with van der Waals surface area (Å²) in [6.45, 7) is 2.02. The molecule has 0 bridgehead atoms. The monoisotopic (exact) mass is 417 g/mol.